The maximum absolute atomic E-state index is 5.82. The summed E-state index contributed by atoms with van der Waals surface area (Å²) >= 11 is 5.82. The molecule has 1 aromatic carbocycles. The molecule has 0 aliphatic heterocycles. The van der Waals surface area contributed by atoms with E-state index in [2.05, 4.69) is 0 Å². The second kappa shape index (κ2) is 3.63. The lowest BCUT2D eigenvalue weighted by molar-refractivity contribution is 1.42. The van der Waals surface area contributed by atoms with Gasteiger partial charge < -0.3 is 5.73 Å². The number of allylic oxidation sites excluding steroid dienone is 1. The molecule has 0 spiro atoms. The van der Waals surface area contributed by atoms with Crippen molar-refractivity contribution < 1.29 is 0 Å². The number of hydrogen-bond donors (Lipinski definition) is 1. The summed E-state index contributed by atoms with van der Waals surface area (Å²) in [6.45, 7) is 4.08. The van der Waals surface area contributed by atoms with Crippen LogP contribution in [0.4, 0.5) is 5.69 Å². The van der Waals surface area contributed by atoms with E-state index < -0.39 is 0 Å². The molecule has 0 atom stereocenters. The minimum Gasteiger partial charge on any atom is -0.399 e. The molecule has 0 heterocycles. The van der Waals surface area contributed by atoms with Crippen molar-refractivity contribution in [3.63, 3.8) is 0 Å². The molecule has 1 nitrogen and oxygen atoms in total. The van der Waals surface area contributed by atoms with Gasteiger partial charge in [-0.05, 0) is 37.6 Å². The highest BCUT2D eigenvalue weighted by Gasteiger charge is 1.93. The molecule has 12 heavy (non-hydrogen) atoms. The number of benzene rings is 1. The normalized spacial score (nSPS) is 9.58. The van der Waals surface area contributed by atoms with E-state index in [1.807, 2.05) is 32.1 Å². The van der Waals surface area contributed by atoms with Crippen LogP contribution in [0.1, 0.15) is 19.4 Å². The summed E-state index contributed by atoms with van der Waals surface area (Å²) in [5, 5.41) is 0.683. The molecule has 0 aliphatic rings. The van der Waals surface area contributed by atoms with Crippen molar-refractivity contribution in [2.45, 2.75) is 13.8 Å². The van der Waals surface area contributed by atoms with Gasteiger partial charge in [0, 0.05) is 10.7 Å². The number of hydrogen-bond acceptors (Lipinski definition) is 1. The monoisotopic (exact) mass is 181 g/mol. The van der Waals surface area contributed by atoms with Crippen molar-refractivity contribution in [3.05, 3.63) is 34.4 Å². The van der Waals surface area contributed by atoms with Gasteiger partial charge in [0.25, 0.3) is 0 Å². The maximum Gasteiger partial charge on any atom is 0.0432 e. The first-order chi connectivity index (χ1) is 5.58. The van der Waals surface area contributed by atoms with E-state index in [1.54, 1.807) is 6.07 Å². The van der Waals surface area contributed by atoms with Crippen LogP contribution in [0.5, 0.6) is 0 Å². The van der Waals surface area contributed by atoms with Gasteiger partial charge in [0.1, 0.15) is 0 Å². The van der Waals surface area contributed by atoms with Crippen LogP contribution in [0, 0.1) is 0 Å². The van der Waals surface area contributed by atoms with Crippen LogP contribution < -0.4 is 5.73 Å². The Morgan fingerprint density at radius 3 is 2.50 bits per heavy atom. The second-order valence-electron chi connectivity index (χ2n) is 3.04. The minimum atomic E-state index is 0.683. The van der Waals surface area contributed by atoms with Crippen molar-refractivity contribution in [2.75, 3.05) is 5.73 Å². The second-order valence-corrected chi connectivity index (χ2v) is 3.48. The van der Waals surface area contributed by atoms with Crippen LogP contribution >= 0.6 is 11.6 Å². The molecule has 0 radical (unpaired) electrons. The number of halogens is 1. The first-order valence-corrected chi connectivity index (χ1v) is 4.17. The molecule has 0 bridgehead atoms. The summed E-state index contributed by atoms with van der Waals surface area (Å²) in [6, 6.07) is 5.54. The Morgan fingerprint density at radius 2 is 2.00 bits per heavy atom. The average Bonchev–Trinajstić information content (AvgIpc) is 1.81. The third-order valence-electron chi connectivity index (χ3n) is 1.40. The molecule has 1 rings (SSSR count). The molecule has 2 N–H and O–H groups in total. The average molecular weight is 182 g/mol. The Morgan fingerprint density at radius 1 is 1.33 bits per heavy atom. The zero-order chi connectivity index (χ0) is 9.14. The molecule has 2 heteroatoms. The Bertz CT molecular complexity index is 291. The SMILES string of the molecule is CC(C)=Cc1cc(N)cc(Cl)c1. The van der Waals surface area contributed by atoms with Gasteiger partial charge in [0.2, 0.25) is 0 Å². The lowest BCUT2D eigenvalue weighted by Gasteiger charge is -1.99. The molecule has 0 unspecified atom stereocenters. The fourth-order valence-corrected chi connectivity index (χ4v) is 1.30. The van der Waals surface area contributed by atoms with Crippen LogP contribution in [0.3, 0.4) is 0 Å². The molecular formula is C10H12ClN. The molecule has 0 amide bonds. The fourth-order valence-electron chi connectivity index (χ4n) is 1.05. The van der Waals surface area contributed by atoms with E-state index in [0.717, 1.165) is 5.56 Å². The summed E-state index contributed by atoms with van der Waals surface area (Å²) in [7, 11) is 0. The van der Waals surface area contributed by atoms with Crippen LogP contribution in [0.2, 0.25) is 5.02 Å². The quantitative estimate of drug-likeness (QED) is 0.661. The summed E-state index contributed by atoms with van der Waals surface area (Å²) in [4.78, 5) is 0. The van der Waals surface area contributed by atoms with Gasteiger partial charge >= 0.3 is 0 Å². The number of rotatable bonds is 1. The van der Waals surface area contributed by atoms with E-state index in [1.165, 1.54) is 5.57 Å². The number of nitrogens with two attached hydrogens (primary N) is 1. The Kier molecular flexibility index (Phi) is 2.77. The summed E-state index contributed by atoms with van der Waals surface area (Å²) < 4.78 is 0. The van der Waals surface area contributed by atoms with E-state index in [9.17, 15) is 0 Å². The van der Waals surface area contributed by atoms with E-state index in [0.29, 0.717) is 10.7 Å². The van der Waals surface area contributed by atoms with E-state index in [-0.39, 0.29) is 0 Å². The van der Waals surface area contributed by atoms with Crippen molar-refractivity contribution in [2.24, 2.45) is 0 Å². The summed E-state index contributed by atoms with van der Waals surface area (Å²) in [6.07, 6.45) is 2.04. The maximum atomic E-state index is 5.82. The lowest BCUT2D eigenvalue weighted by Crippen LogP contribution is -1.85. The van der Waals surface area contributed by atoms with Crippen LogP contribution in [0.15, 0.2) is 23.8 Å². The molecule has 1 aromatic rings. The molecule has 0 aromatic heterocycles. The standard InChI is InChI=1S/C10H12ClN/c1-7(2)3-8-4-9(11)6-10(12)5-8/h3-6H,12H2,1-2H3. The zero-order valence-corrected chi connectivity index (χ0v) is 8.02. The minimum absolute atomic E-state index is 0.683. The van der Waals surface area contributed by atoms with Gasteiger partial charge in [-0.15, -0.1) is 0 Å². The first kappa shape index (κ1) is 9.14. The lowest BCUT2D eigenvalue weighted by atomic mass is 10.1. The van der Waals surface area contributed by atoms with E-state index in [4.69, 9.17) is 17.3 Å². The Balaban J connectivity index is 3.09. The largest absolute Gasteiger partial charge is 0.399 e. The molecule has 64 valence electrons. The third-order valence-corrected chi connectivity index (χ3v) is 1.62. The number of anilines is 1. The van der Waals surface area contributed by atoms with Gasteiger partial charge in [-0.3, -0.25) is 0 Å². The molecule has 0 aliphatic carbocycles. The Hall–Kier alpha value is -0.950. The van der Waals surface area contributed by atoms with Crippen LogP contribution in [0.25, 0.3) is 6.08 Å². The van der Waals surface area contributed by atoms with Gasteiger partial charge in [0.15, 0.2) is 0 Å². The van der Waals surface area contributed by atoms with Gasteiger partial charge in [0.05, 0.1) is 0 Å². The van der Waals surface area contributed by atoms with Crippen molar-refractivity contribution in [3.8, 4) is 0 Å². The van der Waals surface area contributed by atoms with Crippen molar-refractivity contribution in [1.82, 2.24) is 0 Å². The molecule has 0 saturated carbocycles. The molecular weight excluding hydrogens is 170 g/mol. The van der Waals surface area contributed by atoms with Gasteiger partial charge in [-0.2, -0.15) is 0 Å². The zero-order valence-electron chi connectivity index (χ0n) is 7.26. The predicted molar refractivity (Wildman–Crippen MR) is 55.2 cm³/mol. The summed E-state index contributed by atoms with van der Waals surface area (Å²) in [5.74, 6) is 0. The third kappa shape index (κ3) is 2.59. The number of nitrogen functional groups attached to an aromatic ring is 1. The highest BCUT2D eigenvalue weighted by atomic mass is 35.5. The van der Waals surface area contributed by atoms with Crippen LogP contribution in [-0.2, 0) is 0 Å². The Labute approximate surface area is 77.8 Å². The summed E-state index contributed by atoms with van der Waals surface area (Å²) in [5.41, 5.74) is 8.61. The highest BCUT2D eigenvalue weighted by molar-refractivity contribution is 6.31. The van der Waals surface area contributed by atoms with Crippen molar-refractivity contribution in [1.29, 1.82) is 0 Å². The van der Waals surface area contributed by atoms with Gasteiger partial charge in [-0.25, -0.2) is 0 Å². The van der Waals surface area contributed by atoms with E-state index >= 15 is 0 Å². The molecule has 0 saturated heterocycles. The predicted octanol–water partition coefficient (Wildman–Crippen LogP) is 3.35. The fraction of sp³-hybridized carbons (Fsp3) is 0.200. The topological polar surface area (TPSA) is 26.0 Å². The first-order valence-electron chi connectivity index (χ1n) is 3.79. The van der Waals surface area contributed by atoms with Gasteiger partial charge in [-0.1, -0.05) is 23.3 Å². The smallest absolute Gasteiger partial charge is 0.0432 e. The van der Waals surface area contributed by atoms with Crippen molar-refractivity contribution >= 4 is 23.4 Å². The highest BCUT2D eigenvalue weighted by Crippen LogP contribution is 2.18. The molecule has 0 fully saturated rings. The van der Waals surface area contributed by atoms with Crippen LogP contribution in [-0.4, -0.2) is 0 Å².